The van der Waals surface area contributed by atoms with Gasteiger partial charge in [-0.25, -0.2) is 11.4 Å². The third-order valence-electron chi connectivity index (χ3n) is 4.09. The first-order valence-corrected chi connectivity index (χ1v) is 9.71. The molecule has 7 nitrogen and oxygen atoms in total. The summed E-state index contributed by atoms with van der Waals surface area (Å²) in [6.07, 6.45) is 0. The number of hydrogen-bond acceptors (Lipinski definition) is 7. The number of benzene rings is 3. The maximum atomic E-state index is 10.3. The van der Waals surface area contributed by atoms with Crippen LogP contribution in [-0.4, -0.2) is 18.1 Å². The zero-order valence-electron chi connectivity index (χ0n) is 15.5. The van der Waals surface area contributed by atoms with Crippen molar-refractivity contribution >= 4 is 35.1 Å². The van der Waals surface area contributed by atoms with Crippen LogP contribution >= 0.6 is 23.5 Å². The fourth-order valence-corrected chi connectivity index (χ4v) is 3.69. The van der Waals surface area contributed by atoms with Crippen molar-refractivity contribution in [1.82, 2.24) is 5.53 Å². The van der Waals surface area contributed by atoms with Crippen LogP contribution in [0.4, 0.5) is 5.69 Å². The molecule has 0 heterocycles. The van der Waals surface area contributed by atoms with Crippen molar-refractivity contribution in [2.75, 3.05) is 11.8 Å². The molecule has 0 amide bonds. The van der Waals surface area contributed by atoms with Gasteiger partial charge in [0.15, 0.2) is 5.84 Å². The fraction of sp³-hybridized carbons (Fsp3) is 0.0500. The van der Waals surface area contributed by atoms with Gasteiger partial charge in [0.2, 0.25) is 0 Å². The number of nitrogens with zero attached hydrogens (tertiary/aromatic N) is 1. The van der Waals surface area contributed by atoms with Crippen molar-refractivity contribution in [1.29, 1.82) is 0 Å². The second-order valence-electron chi connectivity index (χ2n) is 5.92. The normalized spacial score (nSPS) is 11.2. The van der Waals surface area contributed by atoms with E-state index in [0.717, 1.165) is 16.8 Å². The lowest BCUT2D eigenvalue weighted by molar-refractivity contribution is 0.417. The highest BCUT2D eigenvalue weighted by Gasteiger charge is 2.13. The molecule has 0 aliphatic heterocycles. The van der Waals surface area contributed by atoms with E-state index in [-0.39, 0.29) is 16.6 Å². The van der Waals surface area contributed by atoms with Crippen molar-refractivity contribution < 1.29 is 9.84 Å². The van der Waals surface area contributed by atoms with E-state index in [0.29, 0.717) is 16.2 Å². The molecule has 0 bridgehead atoms. The number of hydrogen-bond donors (Lipinski definition) is 5. The zero-order chi connectivity index (χ0) is 20.8. The van der Waals surface area contributed by atoms with Crippen LogP contribution in [-0.2, 0) is 0 Å². The van der Waals surface area contributed by atoms with Gasteiger partial charge in [0, 0.05) is 5.56 Å². The van der Waals surface area contributed by atoms with E-state index in [9.17, 15) is 5.11 Å². The summed E-state index contributed by atoms with van der Waals surface area (Å²) < 4.78 is 8.66. The second-order valence-corrected chi connectivity index (χ2v) is 7.17. The summed E-state index contributed by atoms with van der Waals surface area (Å²) in [5.74, 6) is 5.90. The molecule has 0 unspecified atom stereocenters. The number of amidine groups is 1. The first-order valence-electron chi connectivity index (χ1n) is 8.51. The van der Waals surface area contributed by atoms with E-state index in [4.69, 9.17) is 27.9 Å². The first kappa shape index (κ1) is 20.7. The lowest BCUT2D eigenvalue weighted by atomic mass is 10.1. The topological polar surface area (TPSA) is 118 Å². The quantitative estimate of drug-likeness (QED) is 0.127. The highest BCUT2D eigenvalue weighted by atomic mass is 35.5. The number of nitrogens with two attached hydrogens (primary N) is 2. The van der Waals surface area contributed by atoms with Crippen molar-refractivity contribution in [3.63, 3.8) is 0 Å². The monoisotopic (exact) mass is 429 g/mol. The van der Waals surface area contributed by atoms with Gasteiger partial charge in [-0.15, -0.1) is 5.10 Å². The summed E-state index contributed by atoms with van der Waals surface area (Å²) in [4.78, 5) is 0.467. The second kappa shape index (κ2) is 9.42. The van der Waals surface area contributed by atoms with Crippen LogP contribution in [0.15, 0.2) is 70.7 Å². The summed E-state index contributed by atoms with van der Waals surface area (Å²) in [5.41, 5.74) is 11.3. The first-order chi connectivity index (χ1) is 14.0. The number of ether oxygens (including phenoxy) is 1. The molecule has 9 heteroatoms. The molecule has 3 aromatic rings. The standard InChI is InChI=1S/C20H20ClN5O2S/c1-28-17-8-7-13(12-5-3-2-4-6-12)10-16(17)25-29-18-11-14(20(22)24-26-23)9-15(21)19(18)27/h2-11,25-27H,23H2,1H3,(H2,22,24). The Bertz CT molecular complexity index is 1030. The van der Waals surface area contributed by atoms with Crippen molar-refractivity contribution in [2.45, 2.75) is 4.90 Å². The molecule has 7 N–H and O–H groups in total. The number of phenolic OH excluding ortho intramolecular Hbond substituents is 1. The van der Waals surface area contributed by atoms with Gasteiger partial charge in [0.1, 0.15) is 11.5 Å². The molecule has 29 heavy (non-hydrogen) atoms. The maximum Gasteiger partial charge on any atom is 0.152 e. The minimum Gasteiger partial charge on any atom is -0.505 e. The summed E-state index contributed by atoms with van der Waals surface area (Å²) in [5, 5.41) is 14.2. The highest BCUT2D eigenvalue weighted by molar-refractivity contribution is 8.00. The largest absolute Gasteiger partial charge is 0.505 e. The van der Waals surface area contributed by atoms with Gasteiger partial charge in [0.25, 0.3) is 0 Å². The minimum absolute atomic E-state index is 0.0698. The molecule has 0 radical (unpaired) electrons. The molecule has 0 aliphatic carbocycles. The number of aromatic hydroxyl groups is 1. The van der Waals surface area contributed by atoms with Gasteiger partial charge in [0.05, 0.1) is 22.7 Å². The summed E-state index contributed by atoms with van der Waals surface area (Å²) >= 11 is 7.30. The number of halogens is 1. The molecule has 0 aliphatic rings. The van der Waals surface area contributed by atoms with Gasteiger partial charge in [-0.2, -0.15) is 0 Å². The Kier molecular flexibility index (Phi) is 6.71. The Morgan fingerprint density at radius 1 is 1.10 bits per heavy atom. The van der Waals surface area contributed by atoms with Gasteiger partial charge >= 0.3 is 0 Å². The van der Waals surface area contributed by atoms with E-state index in [1.165, 1.54) is 18.0 Å². The molecule has 150 valence electrons. The Morgan fingerprint density at radius 3 is 2.55 bits per heavy atom. The fourth-order valence-electron chi connectivity index (χ4n) is 2.64. The summed E-state index contributed by atoms with van der Waals surface area (Å²) in [6, 6.07) is 19.0. The average Bonchev–Trinajstić information content (AvgIpc) is 2.75. The molecular formula is C20H20ClN5O2S. The number of hydrazine groups is 1. The number of hydrazone groups is 1. The smallest absolute Gasteiger partial charge is 0.152 e. The van der Waals surface area contributed by atoms with E-state index >= 15 is 0 Å². The van der Waals surface area contributed by atoms with E-state index < -0.39 is 0 Å². The lowest BCUT2D eigenvalue weighted by Crippen LogP contribution is -2.23. The maximum absolute atomic E-state index is 10.3. The van der Waals surface area contributed by atoms with Crippen LogP contribution in [0.1, 0.15) is 5.56 Å². The Balaban J connectivity index is 1.90. The molecule has 0 fully saturated rings. The van der Waals surface area contributed by atoms with Gasteiger partial charge in [-0.3, -0.25) is 0 Å². The van der Waals surface area contributed by atoms with Crippen LogP contribution in [0.2, 0.25) is 5.02 Å². The van der Waals surface area contributed by atoms with Crippen LogP contribution in [0, 0.1) is 0 Å². The molecule has 0 saturated carbocycles. The molecule has 0 saturated heterocycles. The zero-order valence-corrected chi connectivity index (χ0v) is 17.1. The highest BCUT2D eigenvalue weighted by Crippen LogP contribution is 2.39. The van der Waals surface area contributed by atoms with Crippen LogP contribution in [0.25, 0.3) is 11.1 Å². The SMILES string of the molecule is COc1ccc(-c2ccccc2)cc1NSc1cc(/C(N)=N/NN)cc(Cl)c1O. The third-order valence-corrected chi connectivity index (χ3v) is 5.23. The Hall–Kier alpha value is -3.07. The molecular weight excluding hydrogens is 410 g/mol. The minimum atomic E-state index is -0.0698. The van der Waals surface area contributed by atoms with Crippen LogP contribution in [0.5, 0.6) is 11.5 Å². The van der Waals surface area contributed by atoms with Gasteiger partial charge < -0.3 is 20.3 Å². The molecule has 0 spiro atoms. The van der Waals surface area contributed by atoms with Crippen molar-refractivity contribution in [3.05, 3.63) is 71.2 Å². The third kappa shape index (κ3) is 4.86. The summed E-state index contributed by atoms with van der Waals surface area (Å²) in [7, 11) is 1.60. The van der Waals surface area contributed by atoms with Crippen molar-refractivity contribution in [3.8, 4) is 22.6 Å². The van der Waals surface area contributed by atoms with Gasteiger partial charge in [-0.1, -0.05) is 48.0 Å². The lowest BCUT2D eigenvalue weighted by Gasteiger charge is -2.14. The Labute approximate surface area is 177 Å². The predicted octanol–water partition coefficient (Wildman–Crippen LogP) is 3.92. The predicted molar refractivity (Wildman–Crippen MR) is 119 cm³/mol. The molecule has 0 atom stereocenters. The Morgan fingerprint density at radius 2 is 1.86 bits per heavy atom. The number of anilines is 1. The number of methoxy groups -OCH3 is 1. The number of rotatable bonds is 7. The average molecular weight is 430 g/mol. The van der Waals surface area contributed by atoms with Crippen LogP contribution in [0.3, 0.4) is 0 Å². The number of nitrogens with one attached hydrogen (secondary N) is 2. The van der Waals surface area contributed by atoms with Crippen LogP contribution < -0.4 is 26.6 Å². The van der Waals surface area contributed by atoms with E-state index in [2.05, 4.69) is 15.4 Å². The van der Waals surface area contributed by atoms with E-state index in [1.54, 1.807) is 13.2 Å². The van der Waals surface area contributed by atoms with E-state index in [1.807, 2.05) is 48.5 Å². The molecule has 3 aromatic carbocycles. The van der Waals surface area contributed by atoms with Crippen molar-refractivity contribution in [2.24, 2.45) is 16.7 Å². The summed E-state index contributed by atoms with van der Waals surface area (Å²) in [6.45, 7) is 0. The molecule has 3 rings (SSSR count). The van der Waals surface area contributed by atoms with Gasteiger partial charge in [-0.05, 0) is 47.3 Å². The molecule has 0 aromatic heterocycles. The number of phenols is 1.